The first kappa shape index (κ1) is 20.0. The molecule has 0 saturated carbocycles. The van der Waals surface area contributed by atoms with Crippen molar-refractivity contribution in [2.75, 3.05) is 37.6 Å². The molecule has 0 spiro atoms. The van der Waals surface area contributed by atoms with Crippen LogP contribution in [-0.4, -0.2) is 37.6 Å². The van der Waals surface area contributed by atoms with E-state index in [4.69, 9.17) is 32.0 Å². The molecule has 1 aliphatic heterocycles. The fourth-order valence-electron chi connectivity index (χ4n) is 3.50. The summed E-state index contributed by atoms with van der Waals surface area (Å²) in [6.45, 7) is 4.13. The highest BCUT2D eigenvalue weighted by Gasteiger charge is 2.20. The molecule has 0 unspecified atom stereocenters. The number of piperazine rings is 1. The van der Waals surface area contributed by atoms with Crippen molar-refractivity contribution in [3.8, 4) is 11.3 Å². The van der Waals surface area contributed by atoms with E-state index in [0.717, 1.165) is 38.4 Å². The van der Waals surface area contributed by atoms with Gasteiger partial charge in [-0.05, 0) is 42.5 Å². The van der Waals surface area contributed by atoms with E-state index in [1.54, 1.807) is 18.2 Å². The SMILES string of the molecule is O=c1oc(CCN2CCN(c3cc(Cl)cc(Cl)c3)CC2)c(-c2ccc(F)cc2)o1. The van der Waals surface area contributed by atoms with Crippen molar-refractivity contribution >= 4 is 28.9 Å². The van der Waals surface area contributed by atoms with Gasteiger partial charge in [0.15, 0.2) is 11.5 Å². The molecule has 8 heteroatoms. The van der Waals surface area contributed by atoms with Crippen molar-refractivity contribution in [1.82, 2.24) is 4.90 Å². The Morgan fingerprint density at radius 2 is 1.59 bits per heavy atom. The highest BCUT2D eigenvalue weighted by Crippen LogP contribution is 2.27. The lowest BCUT2D eigenvalue weighted by Crippen LogP contribution is -2.47. The van der Waals surface area contributed by atoms with Gasteiger partial charge in [0.2, 0.25) is 0 Å². The van der Waals surface area contributed by atoms with Gasteiger partial charge in [0.05, 0.1) is 0 Å². The molecule has 0 radical (unpaired) electrons. The Bertz CT molecular complexity index is 1020. The van der Waals surface area contributed by atoms with Gasteiger partial charge in [-0.3, -0.25) is 4.90 Å². The maximum atomic E-state index is 13.2. The lowest BCUT2D eigenvalue weighted by atomic mass is 10.1. The molecule has 1 saturated heterocycles. The molecule has 0 N–H and O–H groups in total. The fourth-order valence-corrected chi connectivity index (χ4v) is 4.02. The summed E-state index contributed by atoms with van der Waals surface area (Å²) in [4.78, 5) is 16.2. The summed E-state index contributed by atoms with van der Waals surface area (Å²) < 4.78 is 23.6. The molecule has 2 aromatic carbocycles. The average molecular weight is 437 g/mol. The van der Waals surface area contributed by atoms with Crippen molar-refractivity contribution in [3.05, 3.63) is 74.7 Å². The molecule has 0 aliphatic carbocycles. The standard InChI is InChI=1S/C21H19Cl2FN2O3/c22-15-11-16(23)13-18(12-15)26-9-7-25(8-10-26)6-5-19-20(29-21(27)28-19)14-1-3-17(24)4-2-14/h1-4,11-13H,5-10H2. The van der Waals surface area contributed by atoms with E-state index in [-0.39, 0.29) is 5.82 Å². The molecule has 0 amide bonds. The number of nitrogens with zero attached hydrogens (tertiary/aromatic N) is 2. The van der Waals surface area contributed by atoms with Gasteiger partial charge in [-0.2, -0.15) is 0 Å². The Morgan fingerprint density at radius 1 is 0.931 bits per heavy atom. The van der Waals surface area contributed by atoms with E-state index in [1.807, 2.05) is 12.1 Å². The molecular weight excluding hydrogens is 418 g/mol. The third kappa shape index (κ3) is 4.83. The summed E-state index contributed by atoms with van der Waals surface area (Å²) >= 11 is 12.2. The second kappa shape index (κ2) is 8.61. The molecule has 152 valence electrons. The molecule has 4 rings (SSSR count). The van der Waals surface area contributed by atoms with Gasteiger partial charge in [-0.15, -0.1) is 0 Å². The Kier molecular flexibility index (Phi) is 5.94. The molecular formula is C21H19Cl2FN2O3. The van der Waals surface area contributed by atoms with Gasteiger partial charge in [-0.25, -0.2) is 9.18 Å². The maximum Gasteiger partial charge on any atom is 0.519 e. The normalized spacial score (nSPS) is 15.1. The summed E-state index contributed by atoms with van der Waals surface area (Å²) in [6.07, 6.45) is 0.529. The lowest BCUT2D eigenvalue weighted by Gasteiger charge is -2.36. The van der Waals surface area contributed by atoms with E-state index < -0.39 is 5.82 Å². The Hall–Kier alpha value is -2.28. The van der Waals surface area contributed by atoms with Crippen LogP contribution in [0.15, 0.2) is 56.1 Å². The van der Waals surface area contributed by atoms with Gasteiger partial charge < -0.3 is 13.7 Å². The van der Waals surface area contributed by atoms with Gasteiger partial charge >= 0.3 is 5.82 Å². The Balaban J connectivity index is 1.37. The van der Waals surface area contributed by atoms with Crippen molar-refractivity contribution in [1.29, 1.82) is 0 Å². The first-order valence-electron chi connectivity index (χ1n) is 9.30. The van der Waals surface area contributed by atoms with Gasteiger partial charge in [0.1, 0.15) is 5.82 Å². The Morgan fingerprint density at radius 3 is 2.24 bits per heavy atom. The molecule has 0 atom stereocenters. The molecule has 29 heavy (non-hydrogen) atoms. The molecule has 1 aliphatic rings. The molecule has 2 heterocycles. The maximum absolute atomic E-state index is 13.2. The number of rotatable bonds is 5. The molecule has 1 fully saturated rings. The Labute approximate surface area is 177 Å². The number of hydrogen-bond acceptors (Lipinski definition) is 5. The van der Waals surface area contributed by atoms with E-state index in [2.05, 4.69) is 9.80 Å². The van der Waals surface area contributed by atoms with Crippen LogP contribution in [0.2, 0.25) is 10.0 Å². The summed E-state index contributed by atoms with van der Waals surface area (Å²) in [5.74, 6) is -0.255. The van der Waals surface area contributed by atoms with Crippen LogP contribution in [0.3, 0.4) is 0 Å². The number of anilines is 1. The first-order chi connectivity index (χ1) is 14.0. The number of halogens is 3. The van der Waals surface area contributed by atoms with Crippen LogP contribution in [0.1, 0.15) is 5.76 Å². The zero-order valence-electron chi connectivity index (χ0n) is 15.5. The minimum atomic E-state index is -0.748. The summed E-state index contributed by atoms with van der Waals surface area (Å²) in [7, 11) is 0. The highest BCUT2D eigenvalue weighted by atomic mass is 35.5. The predicted molar refractivity (Wildman–Crippen MR) is 111 cm³/mol. The predicted octanol–water partition coefficient (Wildman–Crippen LogP) is 4.71. The zero-order valence-corrected chi connectivity index (χ0v) is 17.0. The second-order valence-electron chi connectivity index (χ2n) is 6.92. The third-order valence-corrected chi connectivity index (χ3v) is 5.43. The summed E-state index contributed by atoms with van der Waals surface area (Å²) in [5.41, 5.74) is 1.64. The van der Waals surface area contributed by atoms with E-state index >= 15 is 0 Å². The van der Waals surface area contributed by atoms with Crippen LogP contribution in [0.5, 0.6) is 0 Å². The topological polar surface area (TPSA) is 49.8 Å². The van der Waals surface area contributed by atoms with E-state index in [0.29, 0.717) is 33.6 Å². The molecule has 1 aromatic heterocycles. The minimum absolute atomic E-state index is 0.347. The smallest absolute Gasteiger partial charge is 0.395 e. The third-order valence-electron chi connectivity index (χ3n) is 4.99. The molecule has 5 nitrogen and oxygen atoms in total. The van der Waals surface area contributed by atoms with Gasteiger partial charge in [0, 0.05) is 60.4 Å². The summed E-state index contributed by atoms with van der Waals surface area (Å²) in [5, 5.41) is 1.25. The van der Waals surface area contributed by atoms with Crippen LogP contribution in [-0.2, 0) is 6.42 Å². The van der Waals surface area contributed by atoms with Crippen LogP contribution >= 0.6 is 23.2 Å². The highest BCUT2D eigenvalue weighted by molar-refractivity contribution is 6.35. The monoisotopic (exact) mass is 436 g/mol. The second-order valence-corrected chi connectivity index (χ2v) is 7.79. The lowest BCUT2D eigenvalue weighted by molar-refractivity contribution is 0.254. The quantitative estimate of drug-likeness (QED) is 0.579. The zero-order chi connectivity index (χ0) is 20.4. The van der Waals surface area contributed by atoms with Gasteiger partial charge in [0.25, 0.3) is 0 Å². The van der Waals surface area contributed by atoms with E-state index in [1.165, 1.54) is 12.1 Å². The van der Waals surface area contributed by atoms with Crippen molar-refractivity contribution in [2.24, 2.45) is 0 Å². The minimum Gasteiger partial charge on any atom is -0.395 e. The van der Waals surface area contributed by atoms with Crippen LogP contribution < -0.4 is 10.7 Å². The van der Waals surface area contributed by atoms with Crippen molar-refractivity contribution < 1.29 is 13.2 Å². The van der Waals surface area contributed by atoms with E-state index in [9.17, 15) is 9.18 Å². The van der Waals surface area contributed by atoms with Gasteiger partial charge in [-0.1, -0.05) is 23.2 Å². The average Bonchev–Trinajstić information content (AvgIpc) is 3.07. The van der Waals surface area contributed by atoms with Crippen LogP contribution in [0.25, 0.3) is 11.3 Å². The number of hydrogen-bond donors (Lipinski definition) is 0. The first-order valence-corrected chi connectivity index (χ1v) is 10.1. The van der Waals surface area contributed by atoms with Crippen LogP contribution in [0, 0.1) is 5.82 Å². The van der Waals surface area contributed by atoms with Crippen LogP contribution in [0.4, 0.5) is 10.1 Å². The fraction of sp³-hybridized carbons (Fsp3) is 0.286. The summed E-state index contributed by atoms with van der Waals surface area (Å²) in [6, 6.07) is 11.3. The molecule has 0 bridgehead atoms. The van der Waals surface area contributed by atoms with Crippen molar-refractivity contribution in [3.63, 3.8) is 0 Å². The molecule has 3 aromatic rings. The largest absolute Gasteiger partial charge is 0.519 e. The van der Waals surface area contributed by atoms with Crippen molar-refractivity contribution in [2.45, 2.75) is 6.42 Å². The number of benzene rings is 2.